The minimum absolute atomic E-state index is 0.113. The summed E-state index contributed by atoms with van der Waals surface area (Å²) >= 11 is 0. The summed E-state index contributed by atoms with van der Waals surface area (Å²) in [5, 5.41) is 18.5. The predicted molar refractivity (Wildman–Crippen MR) is 113 cm³/mol. The Labute approximate surface area is 178 Å². The highest BCUT2D eigenvalue weighted by molar-refractivity contribution is 5.80. The molecule has 0 aliphatic heterocycles. The molecule has 174 valence electrons. The van der Waals surface area contributed by atoms with E-state index in [2.05, 4.69) is 21.3 Å². The first kappa shape index (κ1) is 27.5. The Kier molecular flexibility index (Phi) is 18.1. The lowest BCUT2D eigenvalue weighted by Crippen LogP contribution is -2.39. The van der Waals surface area contributed by atoms with Crippen LogP contribution in [-0.2, 0) is 14.3 Å². The summed E-state index contributed by atoms with van der Waals surface area (Å²) in [7, 11) is 0. The molecule has 0 atom stereocenters. The third kappa shape index (κ3) is 20.2. The molecule has 0 saturated heterocycles. The lowest BCUT2D eigenvalue weighted by molar-refractivity contribution is -0.141. The Balaban J connectivity index is 3.26. The van der Waals surface area contributed by atoms with Crippen LogP contribution < -0.4 is 21.3 Å². The van der Waals surface area contributed by atoms with Crippen molar-refractivity contribution in [3.63, 3.8) is 0 Å². The molecule has 10 nitrogen and oxygen atoms in total. The number of carboxylic acid groups (broad SMARTS) is 1. The van der Waals surface area contributed by atoms with Crippen molar-refractivity contribution >= 4 is 24.0 Å². The van der Waals surface area contributed by atoms with E-state index in [1.807, 2.05) is 0 Å². The van der Waals surface area contributed by atoms with E-state index in [4.69, 9.17) is 9.84 Å². The molecule has 0 saturated carbocycles. The van der Waals surface area contributed by atoms with Gasteiger partial charge in [0.05, 0.1) is 6.61 Å². The highest BCUT2D eigenvalue weighted by atomic mass is 16.5. The molecule has 0 radical (unpaired) electrons. The fraction of sp³-hybridized carbons (Fsp3) is 0.800. The molecule has 0 heterocycles. The van der Waals surface area contributed by atoms with Crippen LogP contribution in [0.3, 0.4) is 0 Å². The van der Waals surface area contributed by atoms with Crippen LogP contribution in [0.2, 0.25) is 0 Å². The number of hydrogen-bond acceptors (Lipinski definition) is 5. The highest BCUT2D eigenvalue weighted by Gasteiger charge is 2.04. The Morgan fingerprint density at radius 2 is 1.03 bits per heavy atom. The van der Waals surface area contributed by atoms with Crippen molar-refractivity contribution in [1.82, 2.24) is 21.3 Å². The lowest BCUT2D eigenvalue weighted by Gasteiger charge is -2.07. The number of rotatable bonds is 18. The van der Waals surface area contributed by atoms with Crippen LogP contribution in [0.4, 0.5) is 9.59 Å². The van der Waals surface area contributed by atoms with E-state index in [0.717, 1.165) is 38.5 Å². The number of carboxylic acids is 1. The molecular weight excluding hydrogens is 392 g/mol. The Bertz CT molecular complexity index is 502. The summed E-state index contributed by atoms with van der Waals surface area (Å²) in [5.41, 5.74) is 0. The van der Waals surface area contributed by atoms with E-state index >= 15 is 0 Å². The van der Waals surface area contributed by atoms with Gasteiger partial charge in [0.15, 0.2) is 0 Å². The molecule has 0 rings (SSSR count). The number of nitrogens with one attached hydrogen (secondary N) is 4. The molecule has 0 aliphatic rings. The molecule has 5 N–H and O–H groups in total. The summed E-state index contributed by atoms with van der Waals surface area (Å²) < 4.78 is 4.72. The van der Waals surface area contributed by atoms with Gasteiger partial charge in [-0.15, -0.1) is 0 Å². The first-order valence-electron chi connectivity index (χ1n) is 10.9. The van der Waals surface area contributed by atoms with E-state index < -0.39 is 18.0 Å². The fourth-order valence-corrected chi connectivity index (χ4v) is 2.71. The Morgan fingerprint density at radius 1 is 0.633 bits per heavy atom. The molecule has 4 amide bonds. The van der Waals surface area contributed by atoms with Gasteiger partial charge in [0.1, 0.15) is 13.1 Å². The van der Waals surface area contributed by atoms with Crippen molar-refractivity contribution in [3.05, 3.63) is 0 Å². The number of carbonyl (C=O) groups excluding carboxylic acids is 3. The molecule has 0 aliphatic carbocycles. The SMILES string of the molecule is CCOC(=O)CNC(=O)NCCCCCCCCCCCCNC(=O)NCC(=O)O. The lowest BCUT2D eigenvalue weighted by atomic mass is 10.1. The van der Waals surface area contributed by atoms with Crippen LogP contribution in [0, 0.1) is 0 Å². The zero-order chi connectivity index (χ0) is 22.5. The van der Waals surface area contributed by atoms with Crippen LogP contribution in [0.1, 0.15) is 71.1 Å². The van der Waals surface area contributed by atoms with Crippen molar-refractivity contribution in [3.8, 4) is 0 Å². The van der Waals surface area contributed by atoms with Crippen LogP contribution in [0.5, 0.6) is 0 Å². The van der Waals surface area contributed by atoms with Gasteiger partial charge in [-0.3, -0.25) is 9.59 Å². The van der Waals surface area contributed by atoms with Crippen molar-refractivity contribution in [1.29, 1.82) is 0 Å². The average Bonchev–Trinajstić information content (AvgIpc) is 2.71. The van der Waals surface area contributed by atoms with Gasteiger partial charge in [-0.2, -0.15) is 0 Å². The molecule has 30 heavy (non-hydrogen) atoms. The van der Waals surface area contributed by atoms with Crippen LogP contribution in [0.15, 0.2) is 0 Å². The van der Waals surface area contributed by atoms with Gasteiger partial charge in [0.25, 0.3) is 0 Å². The largest absolute Gasteiger partial charge is 0.480 e. The molecular formula is C20H38N4O6. The first-order valence-corrected chi connectivity index (χ1v) is 10.9. The van der Waals surface area contributed by atoms with Crippen LogP contribution >= 0.6 is 0 Å². The molecule has 0 spiro atoms. The van der Waals surface area contributed by atoms with E-state index in [1.165, 1.54) is 25.7 Å². The van der Waals surface area contributed by atoms with Gasteiger partial charge in [-0.1, -0.05) is 51.4 Å². The zero-order valence-corrected chi connectivity index (χ0v) is 18.1. The number of urea groups is 2. The standard InChI is InChI=1S/C20H38N4O6/c1-2-30-18(27)16-24-20(29)22-14-12-10-8-6-4-3-5-7-9-11-13-21-19(28)23-15-17(25)26/h2-16H2,1H3,(H,25,26)(H2,21,23,28)(H2,22,24,29). The van der Waals surface area contributed by atoms with Gasteiger partial charge in [-0.05, 0) is 19.8 Å². The Hall–Kier alpha value is -2.52. The maximum Gasteiger partial charge on any atom is 0.325 e. The van der Waals surface area contributed by atoms with E-state index in [9.17, 15) is 19.2 Å². The second-order valence-electron chi connectivity index (χ2n) is 6.95. The second kappa shape index (κ2) is 19.8. The maximum atomic E-state index is 11.5. The predicted octanol–water partition coefficient (Wildman–Crippen LogP) is 2.13. The van der Waals surface area contributed by atoms with E-state index in [1.54, 1.807) is 6.92 Å². The number of amides is 4. The van der Waals surface area contributed by atoms with Gasteiger partial charge in [0.2, 0.25) is 0 Å². The monoisotopic (exact) mass is 430 g/mol. The normalized spacial score (nSPS) is 10.2. The summed E-state index contributed by atoms with van der Waals surface area (Å²) in [6.07, 6.45) is 10.9. The number of hydrogen-bond donors (Lipinski definition) is 5. The van der Waals surface area contributed by atoms with Crippen LogP contribution in [0.25, 0.3) is 0 Å². The van der Waals surface area contributed by atoms with Crippen molar-refractivity contribution < 1.29 is 29.0 Å². The third-order valence-electron chi connectivity index (χ3n) is 4.27. The maximum absolute atomic E-state index is 11.5. The minimum Gasteiger partial charge on any atom is -0.480 e. The summed E-state index contributed by atoms with van der Waals surface area (Å²) in [4.78, 5) is 44.1. The number of aliphatic carboxylic acids is 1. The van der Waals surface area contributed by atoms with Crippen LogP contribution in [-0.4, -0.2) is 61.9 Å². The number of carbonyl (C=O) groups is 4. The summed E-state index contributed by atoms with van der Waals surface area (Å²) in [6.45, 7) is 2.69. The smallest absolute Gasteiger partial charge is 0.325 e. The van der Waals surface area contributed by atoms with E-state index in [-0.39, 0.29) is 19.1 Å². The fourth-order valence-electron chi connectivity index (χ4n) is 2.71. The number of esters is 1. The summed E-state index contributed by atoms with van der Waals surface area (Å²) in [5.74, 6) is -1.50. The van der Waals surface area contributed by atoms with Gasteiger partial charge < -0.3 is 31.1 Å². The molecule has 0 fully saturated rings. The Morgan fingerprint density at radius 3 is 1.43 bits per heavy atom. The molecule has 0 aromatic carbocycles. The highest BCUT2D eigenvalue weighted by Crippen LogP contribution is 2.10. The van der Waals surface area contributed by atoms with Gasteiger partial charge in [-0.25, -0.2) is 9.59 Å². The first-order chi connectivity index (χ1) is 14.5. The van der Waals surface area contributed by atoms with Gasteiger partial charge >= 0.3 is 24.0 Å². The molecule has 0 aromatic rings. The third-order valence-corrected chi connectivity index (χ3v) is 4.27. The van der Waals surface area contributed by atoms with Crippen molar-refractivity contribution in [2.75, 3.05) is 32.8 Å². The molecule has 0 bridgehead atoms. The molecule has 0 aromatic heterocycles. The average molecular weight is 431 g/mol. The quantitative estimate of drug-likeness (QED) is 0.166. The van der Waals surface area contributed by atoms with Crippen molar-refractivity contribution in [2.45, 2.75) is 71.1 Å². The van der Waals surface area contributed by atoms with Crippen molar-refractivity contribution in [2.24, 2.45) is 0 Å². The second-order valence-corrected chi connectivity index (χ2v) is 6.95. The van der Waals surface area contributed by atoms with E-state index in [0.29, 0.717) is 19.7 Å². The number of unbranched alkanes of at least 4 members (excludes halogenated alkanes) is 9. The minimum atomic E-state index is -1.06. The molecule has 0 unspecified atom stereocenters. The molecule has 10 heteroatoms. The summed E-state index contributed by atoms with van der Waals surface area (Å²) in [6, 6.07) is -0.788. The zero-order valence-electron chi connectivity index (χ0n) is 18.1. The van der Waals surface area contributed by atoms with Gasteiger partial charge in [0, 0.05) is 13.1 Å². The topological polar surface area (TPSA) is 146 Å². The number of ether oxygens (including phenoxy) is 1.